The van der Waals surface area contributed by atoms with Crippen molar-refractivity contribution in [1.82, 2.24) is 4.90 Å². The van der Waals surface area contributed by atoms with E-state index in [0.717, 1.165) is 59.6 Å². The van der Waals surface area contributed by atoms with Gasteiger partial charge in [-0.15, -0.1) is 5.11 Å². The van der Waals surface area contributed by atoms with Gasteiger partial charge in [-0.2, -0.15) is 5.11 Å². The highest BCUT2D eigenvalue weighted by Crippen LogP contribution is 2.33. The van der Waals surface area contributed by atoms with Gasteiger partial charge >= 0.3 is 0 Å². The summed E-state index contributed by atoms with van der Waals surface area (Å²) in [6, 6.07) is 19.9. The molecule has 3 aromatic carbocycles. The summed E-state index contributed by atoms with van der Waals surface area (Å²) in [4.78, 5) is 2.40. The van der Waals surface area contributed by atoms with E-state index in [9.17, 15) is 5.11 Å². The van der Waals surface area contributed by atoms with Crippen molar-refractivity contribution in [2.75, 3.05) is 31.5 Å². The zero-order chi connectivity index (χ0) is 20.6. The zero-order valence-corrected chi connectivity index (χ0v) is 17.5. The largest absolute Gasteiger partial charge is 0.389 e. The van der Waals surface area contributed by atoms with Crippen LogP contribution >= 0.6 is 0 Å². The van der Waals surface area contributed by atoms with Gasteiger partial charge in [0.05, 0.1) is 17.5 Å². The number of fused-ring (bicyclic) bond motifs is 1. The van der Waals surface area contributed by atoms with E-state index in [1.807, 2.05) is 42.5 Å². The Balaban J connectivity index is 1.82. The summed E-state index contributed by atoms with van der Waals surface area (Å²) in [5, 5.41) is 24.4. The SMILES string of the molecule is CCN(CC)CCNc1ccc(/N=N/c2cccc(C(C)O)c2)c2ccccc12. The molecule has 0 aromatic heterocycles. The Hall–Kier alpha value is -2.76. The summed E-state index contributed by atoms with van der Waals surface area (Å²) < 4.78 is 0. The minimum Gasteiger partial charge on any atom is -0.389 e. The van der Waals surface area contributed by atoms with E-state index < -0.39 is 6.10 Å². The molecule has 0 spiro atoms. The van der Waals surface area contributed by atoms with Crippen molar-refractivity contribution >= 4 is 27.8 Å². The first-order valence-corrected chi connectivity index (χ1v) is 10.3. The van der Waals surface area contributed by atoms with Gasteiger partial charge in [0.2, 0.25) is 0 Å². The van der Waals surface area contributed by atoms with E-state index in [0.29, 0.717) is 0 Å². The van der Waals surface area contributed by atoms with Gasteiger partial charge in [0.25, 0.3) is 0 Å². The van der Waals surface area contributed by atoms with E-state index in [1.54, 1.807) is 6.92 Å². The van der Waals surface area contributed by atoms with Crippen molar-refractivity contribution in [2.24, 2.45) is 10.2 Å². The van der Waals surface area contributed by atoms with Gasteiger partial charge in [0.1, 0.15) is 0 Å². The lowest BCUT2D eigenvalue weighted by Crippen LogP contribution is -2.28. The minimum atomic E-state index is -0.521. The molecule has 3 aromatic rings. The Labute approximate surface area is 173 Å². The van der Waals surface area contributed by atoms with E-state index in [-0.39, 0.29) is 0 Å². The number of likely N-dealkylation sites (N-methyl/N-ethyl adjacent to an activating group) is 1. The van der Waals surface area contributed by atoms with Crippen molar-refractivity contribution in [2.45, 2.75) is 26.9 Å². The predicted octanol–water partition coefficient (Wildman–Crippen LogP) is 6.06. The molecule has 1 unspecified atom stereocenters. The van der Waals surface area contributed by atoms with Crippen LogP contribution in [0.5, 0.6) is 0 Å². The lowest BCUT2D eigenvalue weighted by Gasteiger charge is -2.19. The monoisotopic (exact) mass is 390 g/mol. The molecule has 2 N–H and O–H groups in total. The maximum absolute atomic E-state index is 9.76. The van der Waals surface area contributed by atoms with Crippen LogP contribution in [0.15, 0.2) is 70.9 Å². The number of aliphatic hydroxyl groups is 1. The first-order valence-electron chi connectivity index (χ1n) is 10.3. The lowest BCUT2D eigenvalue weighted by atomic mass is 10.1. The molecule has 5 nitrogen and oxygen atoms in total. The number of benzene rings is 3. The second-order valence-corrected chi connectivity index (χ2v) is 7.10. The highest BCUT2D eigenvalue weighted by molar-refractivity contribution is 6.00. The molecule has 0 aliphatic carbocycles. The average Bonchev–Trinajstić information content (AvgIpc) is 2.76. The molecular formula is C24H30N4O. The predicted molar refractivity (Wildman–Crippen MR) is 121 cm³/mol. The second-order valence-electron chi connectivity index (χ2n) is 7.10. The Morgan fingerprint density at radius 1 is 0.931 bits per heavy atom. The van der Waals surface area contributed by atoms with E-state index in [2.05, 4.69) is 52.5 Å². The minimum absolute atomic E-state index is 0.521. The molecule has 0 aliphatic heterocycles. The van der Waals surface area contributed by atoms with Crippen LogP contribution in [0.1, 0.15) is 32.4 Å². The third kappa shape index (κ3) is 5.40. The summed E-state index contributed by atoms with van der Waals surface area (Å²) >= 11 is 0. The third-order valence-corrected chi connectivity index (χ3v) is 5.16. The van der Waals surface area contributed by atoms with Crippen LogP contribution < -0.4 is 5.32 Å². The highest BCUT2D eigenvalue weighted by atomic mass is 16.3. The molecule has 0 saturated heterocycles. The van der Waals surface area contributed by atoms with Crippen molar-refractivity contribution < 1.29 is 5.11 Å². The Morgan fingerprint density at radius 2 is 1.69 bits per heavy atom. The molecule has 3 rings (SSSR count). The molecule has 5 heteroatoms. The fraction of sp³-hybridized carbons (Fsp3) is 0.333. The van der Waals surface area contributed by atoms with Gasteiger partial charge in [0, 0.05) is 29.5 Å². The molecule has 0 radical (unpaired) electrons. The highest BCUT2D eigenvalue weighted by Gasteiger charge is 2.07. The fourth-order valence-electron chi connectivity index (χ4n) is 3.37. The number of azo groups is 1. The summed E-state index contributed by atoms with van der Waals surface area (Å²) in [6.07, 6.45) is -0.521. The first kappa shape index (κ1) is 21.0. The number of anilines is 1. The van der Waals surface area contributed by atoms with Crippen LogP contribution in [-0.4, -0.2) is 36.2 Å². The maximum Gasteiger partial charge on any atom is 0.0936 e. The molecule has 0 saturated carbocycles. The smallest absolute Gasteiger partial charge is 0.0936 e. The molecule has 0 bridgehead atoms. The van der Waals surface area contributed by atoms with Gasteiger partial charge in [-0.05, 0) is 49.8 Å². The number of hydrogen-bond donors (Lipinski definition) is 2. The molecule has 0 aliphatic rings. The van der Waals surface area contributed by atoms with Crippen LogP contribution in [0, 0.1) is 0 Å². The van der Waals surface area contributed by atoms with Crippen LogP contribution in [-0.2, 0) is 0 Å². The van der Waals surface area contributed by atoms with E-state index >= 15 is 0 Å². The van der Waals surface area contributed by atoms with Crippen LogP contribution in [0.3, 0.4) is 0 Å². The molecule has 29 heavy (non-hydrogen) atoms. The van der Waals surface area contributed by atoms with Gasteiger partial charge < -0.3 is 15.3 Å². The molecule has 1 atom stereocenters. The zero-order valence-electron chi connectivity index (χ0n) is 17.5. The third-order valence-electron chi connectivity index (χ3n) is 5.16. The Morgan fingerprint density at radius 3 is 2.41 bits per heavy atom. The van der Waals surface area contributed by atoms with Crippen molar-refractivity contribution in [3.8, 4) is 0 Å². The van der Waals surface area contributed by atoms with Crippen molar-refractivity contribution in [3.05, 3.63) is 66.2 Å². The Kier molecular flexibility index (Phi) is 7.33. The van der Waals surface area contributed by atoms with E-state index in [1.165, 1.54) is 0 Å². The van der Waals surface area contributed by atoms with Crippen LogP contribution in [0.25, 0.3) is 10.8 Å². The fourth-order valence-corrected chi connectivity index (χ4v) is 3.37. The summed E-state index contributed by atoms with van der Waals surface area (Å²) in [5.41, 5.74) is 3.51. The number of aliphatic hydroxyl groups excluding tert-OH is 1. The summed E-state index contributed by atoms with van der Waals surface area (Å²) in [5.74, 6) is 0. The molecule has 0 heterocycles. The molecular weight excluding hydrogens is 360 g/mol. The van der Waals surface area contributed by atoms with Gasteiger partial charge in [0.15, 0.2) is 0 Å². The van der Waals surface area contributed by atoms with Crippen molar-refractivity contribution in [3.63, 3.8) is 0 Å². The van der Waals surface area contributed by atoms with Gasteiger partial charge in [-0.25, -0.2) is 0 Å². The first-order chi connectivity index (χ1) is 14.1. The molecule has 0 amide bonds. The number of rotatable bonds is 9. The number of hydrogen-bond acceptors (Lipinski definition) is 5. The average molecular weight is 391 g/mol. The van der Waals surface area contributed by atoms with Crippen LogP contribution in [0.2, 0.25) is 0 Å². The quantitative estimate of drug-likeness (QED) is 0.436. The summed E-state index contributed by atoms with van der Waals surface area (Å²) in [6.45, 7) is 10.2. The normalized spacial score (nSPS) is 12.7. The maximum atomic E-state index is 9.76. The molecule has 0 fully saturated rings. The van der Waals surface area contributed by atoms with Gasteiger partial charge in [-0.3, -0.25) is 0 Å². The molecule has 152 valence electrons. The van der Waals surface area contributed by atoms with Crippen LogP contribution in [0.4, 0.5) is 17.1 Å². The number of nitrogens with zero attached hydrogens (tertiary/aromatic N) is 3. The Bertz CT molecular complexity index is 964. The standard InChI is InChI=1S/C24H30N4O/c1-4-28(5-2)16-15-25-23-13-14-24(22-12-7-6-11-21(22)23)27-26-20-10-8-9-19(17-20)18(3)29/h6-14,17-18,25,29H,4-5,15-16H2,1-3H3/b27-26+. The van der Waals surface area contributed by atoms with E-state index in [4.69, 9.17) is 0 Å². The summed E-state index contributed by atoms with van der Waals surface area (Å²) in [7, 11) is 0. The van der Waals surface area contributed by atoms with Crippen molar-refractivity contribution in [1.29, 1.82) is 0 Å². The number of nitrogens with one attached hydrogen (secondary N) is 1. The second kappa shape index (κ2) is 10.1. The van der Waals surface area contributed by atoms with Gasteiger partial charge in [-0.1, -0.05) is 50.2 Å². The topological polar surface area (TPSA) is 60.2 Å². The lowest BCUT2D eigenvalue weighted by molar-refractivity contribution is 0.199.